The molecular formula is C37H39Cl2N3O2S. The highest BCUT2D eigenvalue weighted by Crippen LogP contribution is 2.75. The number of thiophene rings is 1. The van der Waals surface area contributed by atoms with Crippen molar-refractivity contribution in [1.29, 1.82) is 0 Å². The van der Waals surface area contributed by atoms with E-state index in [0.29, 0.717) is 44.1 Å². The normalized spacial score (nSPS) is 26.6. The molecule has 0 radical (unpaired) electrons. The summed E-state index contributed by atoms with van der Waals surface area (Å²) >= 11 is 14.9. The Morgan fingerprint density at radius 2 is 1.38 bits per heavy atom. The van der Waals surface area contributed by atoms with Crippen LogP contribution in [-0.4, -0.2) is 42.2 Å². The van der Waals surface area contributed by atoms with E-state index in [9.17, 15) is 9.59 Å². The van der Waals surface area contributed by atoms with Gasteiger partial charge in [-0.3, -0.25) is 9.59 Å². The summed E-state index contributed by atoms with van der Waals surface area (Å²) in [7, 11) is 0. The predicted molar refractivity (Wildman–Crippen MR) is 189 cm³/mol. The van der Waals surface area contributed by atoms with Crippen LogP contribution in [0.3, 0.4) is 0 Å². The van der Waals surface area contributed by atoms with Crippen molar-refractivity contribution < 1.29 is 9.59 Å². The van der Waals surface area contributed by atoms with Gasteiger partial charge in [-0.15, -0.1) is 34.5 Å². The average molecular weight is 661 g/mol. The lowest BCUT2D eigenvalue weighted by atomic mass is 9.34. The van der Waals surface area contributed by atoms with Crippen LogP contribution in [0.2, 0.25) is 0 Å². The molecule has 3 aliphatic carbocycles. The van der Waals surface area contributed by atoms with E-state index in [1.165, 1.54) is 26.1 Å². The van der Waals surface area contributed by atoms with Crippen molar-refractivity contribution in [1.82, 2.24) is 0 Å². The van der Waals surface area contributed by atoms with Gasteiger partial charge in [-0.05, 0) is 99.5 Å². The number of anilines is 3. The van der Waals surface area contributed by atoms with Crippen LogP contribution in [0.5, 0.6) is 0 Å². The van der Waals surface area contributed by atoms with E-state index in [4.69, 9.17) is 23.2 Å². The molecule has 2 amide bonds. The SMILES string of the molecule is Cc1cc2c3c(cc(C)c2s1)N(C(=O)C12CC(C(=O)N4C[C@@H](CCl)c5c4cc(NC(C)(C)C)c4ccccc54)(C1)C2)C[C@H]3CCl. The smallest absolute Gasteiger partial charge is 0.233 e. The number of hydrogen-bond acceptors (Lipinski definition) is 4. The summed E-state index contributed by atoms with van der Waals surface area (Å²) in [6.07, 6.45) is 1.85. The molecule has 1 N–H and O–H groups in total. The van der Waals surface area contributed by atoms with Gasteiger partial charge in [-0.1, -0.05) is 24.3 Å². The van der Waals surface area contributed by atoms with E-state index in [2.05, 4.69) is 82.4 Å². The molecule has 3 saturated carbocycles. The third-order valence-corrected chi connectivity index (χ3v) is 12.6. The molecule has 5 aliphatic rings. The van der Waals surface area contributed by atoms with Gasteiger partial charge in [0.1, 0.15) is 0 Å². The number of carbonyl (C=O) groups is 2. The van der Waals surface area contributed by atoms with Crippen molar-refractivity contribution >= 4 is 84.3 Å². The van der Waals surface area contributed by atoms with Crippen LogP contribution in [0.25, 0.3) is 20.9 Å². The Labute approximate surface area is 278 Å². The molecule has 234 valence electrons. The van der Waals surface area contributed by atoms with Crippen LogP contribution >= 0.6 is 34.5 Å². The fourth-order valence-corrected chi connectivity index (χ4v) is 10.5. The highest BCUT2D eigenvalue weighted by atomic mass is 35.5. The Bertz CT molecular complexity index is 1920. The lowest BCUT2D eigenvalue weighted by Gasteiger charge is -2.69. The zero-order valence-electron chi connectivity index (χ0n) is 26.5. The molecule has 2 bridgehead atoms. The second kappa shape index (κ2) is 9.85. The van der Waals surface area contributed by atoms with Gasteiger partial charge in [-0.2, -0.15) is 0 Å². The highest BCUT2D eigenvalue weighted by Gasteiger charge is 2.76. The van der Waals surface area contributed by atoms with Crippen LogP contribution in [0, 0.1) is 24.7 Å². The maximum Gasteiger partial charge on any atom is 0.233 e. The van der Waals surface area contributed by atoms with Gasteiger partial charge in [0.2, 0.25) is 11.8 Å². The molecular weight excluding hydrogens is 621 g/mol. The maximum absolute atomic E-state index is 14.4. The van der Waals surface area contributed by atoms with E-state index < -0.39 is 10.8 Å². The summed E-state index contributed by atoms with van der Waals surface area (Å²) < 4.78 is 1.29. The van der Waals surface area contributed by atoms with Crippen LogP contribution in [0.1, 0.15) is 73.4 Å². The average Bonchev–Trinajstić information content (AvgIpc) is 3.63. The summed E-state index contributed by atoms with van der Waals surface area (Å²) in [5.41, 5.74) is 5.52. The second-order valence-corrected chi connectivity index (χ2v) is 17.0. The molecule has 0 unspecified atom stereocenters. The van der Waals surface area contributed by atoms with Gasteiger partial charge >= 0.3 is 0 Å². The van der Waals surface area contributed by atoms with Crippen molar-refractivity contribution in [3.8, 4) is 0 Å². The molecule has 4 aromatic rings. The van der Waals surface area contributed by atoms with E-state index in [1.807, 2.05) is 21.1 Å². The highest BCUT2D eigenvalue weighted by molar-refractivity contribution is 7.19. The Balaban J connectivity index is 1.09. The molecule has 2 aliphatic heterocycles. The third kappa shape index (κ3) is 4.17. The van der Waals surface area contributed by atoms with E-state index in [-0.39, 0.29) is 29.2 Å². The molecule has 9 rings (SSSR count). The van der Waals surface area contributed by atoms with Gasteiger partial charge in [0.05, 0.1) is 10.8 Å². The van der Waals surface area contributed by atoms with E-state index >= 15 is 0 Å². The minimum Gasteiger partial charge on any atom is -0.380 e. The molecule has 45 heavy (non-hydrogen) atoms. The Kier molecular flexibility index (Phi) is 6.48. The van der Waals surface area contributed by atoms with Gasteiger partial charge in [0.15, 0.2) is 0 Å². The molecule has 3 aromatic carbocycles. The lowest BCUT2D eigenvalue weighted by molar-refractivity contribution is -0.204. The predicted octanol–water partition coefficient (Wildman–Crippen LogP) is 9.09. The number of benzene rings is 3. The van der Waals surface area contributed by atoms with Gasteiger partial charge in [0.25, 0.3) is 0 Å². The van der Waals surface area contributed by atoms with Crippen molar-refractivity contribution in [3.05, 3.63) is 64.0 Å². The molecule has 0 spiro atoms. The Hall–Kier alpha value is -2.80. The zero-order valence-corrected chi connectivity index (χ0v) is 28.8. The molecule has 3 heterocycles. The first-order chi connectivity index (χ1) is 21.4. The second-order valence-electron chi connectivity index (χ2n) is 15.1. The quantitative estimate of drug-likeness (QED) is 0.217. The van der Waals surface area contributed by atoms with Crippen molar-refractivity contribution in [2.45, 2.75) is 71.3 Å². The number of nitrogens with one attached hydrogen (secondary N) is 1. The molecule has 1 aromatic heterocycles. The van der Waals surface area contributed by atoms with Gasteiger partial charge in [-0.25, -0.2) is 0 Å². The first-order valence-electron chi connectivity index (χ1n) is 16.0. The minimum atomic E-state index is -0.476. The van der Waals surface area contributed by atoms with Crippen LogP contribution in [0.4, 0.5) is 17.1 Å². The summed E-state index contributed by atoms with van der Waals surface area (Å²) in [5, 5.41) is 7.22. The van der Waals surface area contributed by atoms with Crippen LogP contribution in [0.15, 0.2) is 42.5 Å². The van der Waals surface area contributed by atoms with E-state index in [0.717, 1.165) is 33.4 Å². The number of amides is 2. The summed E-state index contributed by atoms with van der Waals surface area (Å²) in [4.78, 5) is 34.0. The fourth-order valence-electron chi connectivity index (χ4n) is 8.96. The first-order valence-corrected chi connectivity index (χ1v) is 17.9. The molecule has 2 atom stereocenters. The summed E-state index contributed by atoms with van der Waals surface area (Å²) in [6, 6.07) is 15.0. The van der Waals surface area contributed by atoms with Gasteiger partial charge < -0.3 is 15.1 Å². The van der Waals surface area contributed by atoms with Gasteiger partial charge in [0, 0.05) is 74.2 Å². The third-order valence-electron chi connectivity index (χ3n) is 10.7. The standard InChI is InChI=1S/C37H39Cl2N3O2S/c1-20-10-28-31(26-11-21(2)45-32(20)26)23(14-39)16-41(28)33(43)36-17-37(18-36,19-36)34(44)42-15-22(13-38)30-25-9-7-6-8-24(25)27(12-29(30)42)40-35(3,4)5/h6-12,22-23,40H,13-19H2,1-5H3/t22-,23-,36?,37?/m1/s1. The monoisotopic (exact) mass is 659 g/mol. The topological polar surface area (TPSA) is 52.7 Å². The number of nitrogens with zero attached hydrogens (tertiary/aromatic N) is 2. The lowest BCUT2D eigenvalue weighted by Crippen LogP contribution is -2.73. The van der Waals surface area contributed by atoms with Crippen LogP contribution in [-0.2, 0) is 9.59 Å². The minimum absolute atomic E-state index is 0.0663. The summed E-state index contributed by atoms with van der Waals surface area (Å²) in [5.74, 6) is 1.43. The maximum atomic E-state index is 14.4. The number of aryl methyl sites for hydroxylation is 2. The number of carbonyl (C=O) groups excluding carboxylic acids is 2. The number of fused-ring (bicyclic) bond motifs is 6. The Morgan fingerprint density at radius 3 is 1.93 bits per heavy atom. The number of hydrogen-bond donors (Lipinski definition) is 1. The Morgan fingerprint density at radius 1 is 0.844 bits per heavy atom. The van der Waals surface area contributed by atoms with Crippen LogP contribution < -0.4 is 15.1 Å². The fraction of sp³-hybridized carbons (Fsp3) is 0.459. The largest absolute Gasteiger partial charge is 0.380 e. The summed E-state index contributed by atoms with van der Waals surface area (Å²) in [6.45, 7) is 11.9. The molecule has 5 nitrogen and oxygen atoms in total. The number of halogens is 2. The number of alkyl halides is 2. The van der Waals surface area contributed by atoms with Crippen molar-refractivity contribution in [3.63, 3.8) is 0 Å². The zero-order chi connectivity index (χ0) is 31.6. The van der Waals surface area contributed by atoms with E-state index in [1.54, 1.807) is 0 Å². The molecule has 8 heteroatoms. The molecule has 3 fully saturated rings. The number of rotatable bonds is 5. The molecule has 0 saturated heterocycles. The van der Waals surface area contributed by atoms with Crippen molar-refractivity contribution in [2.75, 3.05) is 40.0 Å². The first kappa shape index (κ1) is 29.6. The van der Waals surface area contributed by atoms with Crippen molar-refractivity contribution in [2.24, 2.45) is 10.8 Å².